The Labute approximate surface area is 102 Å². The molecule has 1 nitrogen and oxygen atoms in total. The second kappa shape index (κ2) is 6.29. The lowest BCUT2D eigenvalue weighted by atomic mass is 10.1. The smallest absolute Gasteiger partial charge is 0.123 e. The Morgan fingerprint density at radius 3 is 2.80 bits per heavy atom. The molecule has 0 saturated heterocycles. The molecule has 0 aliphatic carbocycles. The Kier molecular flexibility index (Phi) is 5.34. The molecular weight excluding hydrogens is 228 g/mol. The lowest BCUT2D eigenvalue weighted by Gasteiger charge is -2.15. The van der Waals surface area contributed by atoms with E-state index in [4.69, 9.17) is 16.3 Å². The molecule has 0 aliphatic rings. The summed E-state index contributed by atoms with van der Waals surface area (Å²) in [5.41, 5.74) is 1.12. The molecule has 1 rings (SSSR count). The van der Waals surface area contributed by atoms with Gasteiger partial charge in [0.25, 0.3) is 0 Å². The van der Waals surface area contributed by atoms with Crippen LogP contribution in [0.2, 0.25) is 5.02 Å². The van der Waals surface area contributed by atoms with E-state index in [0.29, 0.717) is 12.5 Å². The normalized spacial score (nSPS) is 12.5. The lowest BCUT2D eigenvalue weighted by Crippen LogP contribution is -2.13. The number of hydrogen-bond acceptors (Lipinski definition) is 2. The second-order valence-corrected chi connectivity index (χ2v) is 4.48. The summed E-state index contributed by atoms with van der Waals surface area (Å²) in [6.45, 7) is 4.88. The van der Waals surface area contributed by atoms with E-state index in [1.165, 1.54) is 0 Å². The zero-order chi connectivity index (χ0) is 11.3. The first-order chi connectivity index (χ1) is 7.17. The van der Waals surface area contributed by atoms with E-state index in [9.17, 15) is 0 Å². The van der Waals surface area contributed by atoms with Crippen molar-refractivity contribution in [3.05, 3.63) is 28.8 Å². The molecule has 0 fully saturated rings. The van der Waals surface area contributed by atoms with Gasteiger partial charge in [-0.25, -0.2) is 0 Å². The number of rotatable bonds is 5. The van der Waals surface area contributed by atoms with Crippen LogP contribution in [0.25, 0.3) is 0 Å². The van der Waals surface area contributed by atoms with Crippen molar-refractivity contribution >= 4 is 24.2 Å². The minimum atomic E-state index is 0.506. The molecule has 0 amide bonds. The Hall–Kier alpha value is -0.340. The maximum absolute atomic E-state index is 5.90. The third kappa shape index (κ3) is 3.96. The summed E-state index contributed by atoms with van der Waals surface area (Å²) in [4.78, 5) is 0. The Morgan fingerprint density at radius 2 is 2.20 bits per heavy atom. The number of hydrogen-bond donors (Lipinski definition) is 1. The van der Waals surface area contributed by atoms with Crippen molar-refractivity contribution in [2.24, 2.45) is 5.92 Å². The van der Waals surface area contributed by atoms with Crippen molar-refractivity contribution in [1.29, 1.82) is 0 Å². The molecule has 0 bridgehead atoms. The van der Waals surface area contributed by atoms with Crippen LogP contribution in [-0.4, -0.2) is 12.4 Å². The van der Waals surface area contributed by atoms with Gasteiger partial charge in [-0.05, 0) is 36.8 Å². The van der Waals surface area contributed by atoms with Crippen LogP contribution in [0.3, 0.4) is 0 Å². The molecule has 1 aromatic carbocycles. The molecule has 0 N–H and O–H groups in total. The van der Waals surface area contributed by atoms with Gasteiger partial charge in [-0.3, -0.25) is 0 Å². The molecule has 1 aromatic rings. The Morgan fingerprint density at radius 1 is 1.47 bits per heavy atom. The highest BCUT2D eigenvalue weighted by atomic mass is 35.5. The van der Waals surface area contributed by atoms with Gasteiger partial charge in [0.05, 0.1) is 6.61 Å². The fraction of sp³-hybridized carbons (Fsp3) is 0.500. The van der Waals surface area contributed by atoms with E-state index in [0.717, 1.165) is 28.5 Å². The van der Waals surface area contributed by atoms with Gasteiger partial charge in [-0.1, -0.05) is 24.6 Å². The van der Waals surface area contributed by atoms with Crippen molar-refractivity contribution in [1.82, 2.24) is 0 Å². The molecule has 0 saturated carbocycles. The van der Waals surface area contributed by atoms with E-state index in [1.807, 2.05) is 25.1 Å². The van der Waals surface area contributed by atoms with Crippen LogP contribution in [-0.2, 0) is 0 Å². The van der Waals surface area contributed by atoms with Crippen LogP contribution < -0.4 is 4.74 Å². The standard InChI is InChI=1S/C12H17ClOS/c1-3-10(8-15)7-14-12-6-11(13)5-4-9(12)2/h4-6,10,15H,3,7-8H2,1-2H3. The van der Waals surface area contributed by atoms with Gasteiger partial charge in [0.15, 0.2) is 0 Å². The molecular formula is C12H17ClOS. The Balaban J connectivity index is 2.60. The van der Waals surface area contributed by atoms with Crippen molar-refractivity contribution in [3.63, 3.8) is 0 Å². The van der Waals surface area contributed by atoms with Gasteiger partial charge >= 0.3 is 0 Å². The van der Waals surface area contributed by atoms with Crippen LogP contribution in [0.5, 0.6) is 5.75 Å². The van der Waals surface area contributed by atoms with E-state index in [-0.39, 0.29) is 0 Å². The first kappa shape index (κ1) is 12.7. The Bertz CT molecular complexity index is 310. The molecule has 1 unspecified atom stereocenters. The number of halogens is 1. The van der Waals surface area contributed by atoms with Gasteiger partial charge < -0.3 is 4.74 Å². The maximum Gasteiger partial charge on any atom is 0.123 e. The lowest BCUT2D eigenvalue weighted by molar-refractivity contribution is 0.258. The maximum atomic E-state index is 5.90. The number of thiol groups is 1. The fourth-order valence-corrected chi connectivity index (χ4v) is 1.76. The number of benzene rings is 1. The highest BCUT2D eigenvalue weighted by Crippen LogP contribution is 2.23. The summed E-state index contributed by atoms with van der Waals surface area (Å²) in [5.74, 6) is 2.24. The van der Waals surface area contributed by atoms with Crippen molar-refractivity contribution < 1.29 is 4.74 Å². The molecule has 0 aromatic heterocycles. The first-order valence-electron chi connectivity index (χ1n) is 5.17. The SMILES string of the molecule is CCC(CS)COc1cc(Cl)ccc1C. The molecule has 1 atom stereocenters. The summed E-state index contributed by atoms with van der Waals surface area (Å²) in [5, 5.41) is 0.717. The predicted molar refractivity (Wildman–Crippen MR) is 69.3 cm³/mol. The third-order valence-electron chi connectivity index (χ3n) is 2.46. The van der Waals surface area contributed by atoms with Crippen molar-refractivity contribution in [3.8, 4) is 5.75 Å². The highest BCUT2D eigenvalue weighted by molar-refractivity contribution is 7.80. The second-order valence-electron chi connectivity index (χ2n) is 3.68. The molecule has 0 radical (unpaired) electrons. The van der Waals surface area contributed by atoms with Gasteiger partial charge in [-0.2, -0.15) is 12.6 Å². The van der Waals surface area contributed by atoms with Gasteiger partial charge in [-0.15, -0.1) is 0 Å². The van der Waals surface area contributed by atoms with Crippen molar-refractivity contribution in [2.75, 3.05) is 12.4 Å². The molecule has 0 spiro atoms. The third-order valence-corrected chi connectivity index (χ3v) is 3.21. The molecule has 0 aliphatic heterocycles. The van der Waals surface area contributed by atoms with Crippen LogP contribution in [0.4, 0.5) is 0 Å². The van der Waals surface area contributed by atoms with Gasteiger partial charge in [0.1, 0.15) is 5.75 Å². The molecule has 3 heteroatoms. The topological polar surface area (TPSA) is 9.23 Å². The van der Waals surface area contributed by atoms with E-state index in [2.05, 4.69) is 19.6 Å². The first-order valence-corrected chi connectivity index (χ1v) is 6.18. The minimum absolute atomic E-state index is 0.506. The molecule has 84 valence electrons. The summed E-state index contributed by atoms with van der Waals surface area (Å²) in [6.07, 6.45) is 1.09. The summed E-state index contributed by atoms with van der Waals surface area (Å²) in [7, 11) is 0. The minimum Gasteiger partial charge on any atom is -0.493 e. The van der Waals surface area contributed by atoms with E-state index in [1.54, 1.807) is 0 Å². The molecule has 15 heavy (non-hydrogen) atoms. The van der Waals surface area contributed by atoms with Crippen molar-refractivity contribution in [2.45, 2.75) is 20.3 Å². The van der Waals surface area contributed by atoms with Crippen LogP contribution in [0, 0.1) is 12.8 Å². The van der Waals surface area contributed by atoms with E-state index < -0.39 is 0 Å². The molecule has 0 heterocycles. The summed E-state index contributed by atoms with van der Waals surface area (Å²) < 4.78 is 5.73. The number of ether oxygens (including phenoxy) is 1. The predicted octanol–water partition coefficient (Wildman–Crippen LogP) is 3.98. The summed E-state index contributed by atoms with van der Waals surface area (Å²) in [6, 6.07) is 5.71. The quantitative estimate of drug-likeness (QED) is 0.771. The number of aryl methyl sites for hydroxylation is 1. The van der Waals surface area contributed by atoms with Gasteiger partial charge in [0.2, 0.25) is 0 Å². The zero-order valence-corrected chi connectivity index (χ0v) is 10.8. The van der Waals surface area contributed by atoms with Crippen LogP contribution in [0.15, 0.2) is 18.2 Å². The van der Waals surface area contributed by atoms with Gasteiger partial charge in [0, 0.05) is 10.9 Å². The van der Waals surface area contributed by atoms with Crippen LogP contribution >= 0.6 is 24.2 Å². The average Bonchev–Trinajstić information content (AvgIpc) is 2.24. The van der Waals surface area contributed by atoms with Crippen LogP contribution in [0.1, 0.15) is 18.9 Å². The fourth-order valence-electron chi connectivity index (χ4n) is 1.24. The van der Waals surface area contributed by atoms with E-state index >= 15 is 0 Å². The average molecular weight is 245 g/mol. The highest BCUT2D eigenvalue weighted by Gasteiger charge is 2.06. The largest absolute Gasteiger partial charge is 0.493 e. The monoisotopic (exact) mass is 244 g/mol. The summed E-state index contributed by atoms with van der Waals surface area (Å²) >= 11 is 10.2. The zero-order valence-electron chi connectivity index (χ0n) is 9.16.